The van der Waals surface area contributed by atoms with Crippen molar-refractivity contribution in [1.29, 1.82) is 0 Å². The number of anilines is 1. The number of hydrogen-bond acceptors (Lipinski definition) is 5. The molecular formula is C23H24N4O3. The molecule has 2 aromatic heterocycles. The fraction of sp³-hybridized carbons (Fsp3) is 0.348. The van der Waals surface area contributed by atoms with E-state index in [0.717, 1.165) is 22.2 Å². The maximum absolute atomic E-state index is 13.1. The highest BCUT2D eigenvalue weighted by molar-refractivity contribution is 5.99. The zero-order chi connectivity index (χ0) is 20.7. The fourth-order valence-corrected chi connectivity index (χ4v) is 4.32. The highest BCUT2D eigenvalue weighted by Crippen LogP contribution is 2.29. The Balaban J connectivity index is 1.39. The van der Waals surface area contributed by atoms with Gasteiger partial charge >= 0.3 is 0 Å². The van der Waals surface area contributed by atoms with E-state index in [2.05, 4.69) is 11.0 Å². The molecule has 7 heteroatoms. The molecule has 0 unspecified atom stereocenters. The van der Waals surface area contributed by atoms with Gasteiger partial charge in [-0.05, 0) is 12.1 Å². The van der Waals surface area contributed by atoms with Crippen molar-refractivity contribution in [2.45, 2.75) is 13.0 Å². The lowest BCUT2D eigenvalue weighted by atomic mass is 10.1. The highest BCUT2D eigenvalue weighted by Gasteiger charge is 2.33. The minimum Gasteiger partial charge on any atom is -0.378 e. The van der Waals surface area contributed by atoms with Gasteiger partial charge in [-0.2, -0.15) is 0 Å². The van der Waals surface area contributed by atoms with Gasteiger partial charge < -0.3 is 19.1 Å². The van der Waals surface area contributed by atoms with Crippen molar-refractivity contribution in [2.24, 2.45) is 7.05 Å². The number of aryl methyl sites for hydroxylation is 1. The predicted octanol–water partition coefficient (Wildman–Crippen LogP) is 1.97. The lowest BCUT2D eigenvalue weighted by Crippen LogP contribution is -2.41. The fourth-order valence-electron chi connectivity index (χ4n) is 4.32. The number of ether oxygens (including phenoxy) is 1. The molecular weight excluding hydrogens is 380 g/mol. The van der Waals surface area contributed by atoms with Crippen molar-refractivity contribution < 1.29 is 9.53 Å². The normalized spacial score (nSPS) is 16.4. The van der Waals surface area contributed by atoms with Crippen LogP contribution in [0.2, 0.25) is 0 Å². The van der Waals surface area contributed by atoms with E-state index in [1.807, 2.05) is 35.2 Å². The average Bonchev–Trinajstić information content (AvgIpc) is 3.08. The van der Waals surface area contributed by atoms with Gasteiger partial charge in [0.05, 0.1) is 24.3 Å². The second-order valence-electron chi connectivity index (χ2n) is 7.86. The quantitative estimate of drug-likeness (QED) is 0.665. The summed E-state index contributed by atoms with van der Waals surface area (Å²) < 4.78 is 6.96. The smallest absolute Gasteiger partial charge is 0.274 e. The first-order valence-corrected chi connectivity index (χ1v) is 10.3. The zero-order valence-electron chi connectivity index (χ0n) is 17.0. The number of fused-ring (bicyclic) bond motifs is 2. The predicted molar refractivity (Wildman–Crippen MR) is 115 cm³/mol. The van der Waals surface area contributed by atoms with E-state index in [9.17, 15) is 9.59 Å². The molecule has 0 atom stereocenters. The van der Waals surface area contributed by atoms with Gasteiger partial charge in [0.1, 0.15) is 5.69 Å². The standard InChI is InChI=1S/C23H24N4O3/c1-25-14-19-18(21(23(25)29)26-10-12-30-13-11-26)15-27(22(19)28)9-8-17-7-6-16-4-2-3-5-20(16)24-17/h2-7,14H,8-13,15H2,1H3. The number of rotatable bonds is 4. The van der Waals surface area contributed by atoms with E-state index < -0.39 is 0 Å². The van der Waals surface area contributed by atoms with Crippen molar-refractivity contribution >= 4 is 22.5 Å². The number of carbonyl (C=O) groups is 1. The summed E-state index contributed by atoms with van der Waals surface area (Å²) in [4.78, 5) is 34.6. The van der Waals surface area contributed by atoms with Gasteiger partial charge in [-0.15, -0.1) is 0 Å². The van der Waals surface area contributed by atoms with E-state index in [4.69, 9.17) is 9.72 Å². The van der Waals surface area contributed by atoms with E-state index in [-0.39, 0.29) is 11.5 Å². The minimum atomic E-state index is -0.0542. The Kier molecular flexibility index (Phi) is 4.75. The third-order valence-electron chi connectivity index (χ3n) is 5.94. The highest BCUT2D eigenvalue weighted by atomic mass is 16.5. The summed E-state index contributed by atoms with van der Waals surface area (Å²) in [5.41, 5.74) is 3.99. The molecule has 0 bridgehead atoms. The Labute approximate surface area is 174 Å². The number of pyridine rings is 2. The molecule has 1 aromatic carbocycles. The average molecular weight is 404 g/mol. The molecule has 1 saturated heterocycles. The molecule has 0 N–H and O–H groups in total. The van der Waals surface area contributed by atoms with Crippen molar-refractivity contribution in [3.8, 4) is 0 Å². The van der Waals surface area contributed by atoms with Gasteiger partial charge in [-0.1, -0.05) is 24.3 Å². The Hall–Kier alpha value is -3.19. The zero-order valence-corrected chi connectivity index (χ0v) is 17.0. The number of morpholine rings is 1. The maximum Gasteiger partial charge on any atom is 0.274 e. The van der Waals surface area contributed by atoms with Crippen LogP contribution >= 0.6 is 0 Å². The van der Waals surface area contributed by atoms with Crippen LogP contribution in [0.5, 0.6) is 0 Å². The van der Waals surface area contributed by atoms with Crippen LogP contribution in [-0.4, -0.2) is 53.2 Å². The van der Waals surface area contributed by atoms with Crippen LogP contribution in [0.25, 0.3) is 10.9 Å². The van der Waals surface area contributed by atoms with Crippen molar-refractivity contribution in [1.82, 2.24) is 14.5 Å². The molecule has 0 radical (unpaired) electrons. The third kappa shape index (κ3) is 3.25. The lowest BCUT2D eigenvalue weighted by Gasteiger charge is -2.30. The van der Waals surface area contributed by atoms with Gasteiger partial charge in [0, 0.05) is 62.5 Å². The summed E-state index contributed by atoms with van der Waals surface area (Å²) in [6.45, 7) is 3.56. The summed E-state index contributed by atoms with van der Waals surface area (Å²) in [5, 5.41) is 1.11. The maximum atomic E-state index is 13.1. The molecule has 154 valence electrons. The lowest BCUT2D eigenvalue weighted by molar-refractivity contribution is 0.0779. The third-order valence-corrected chi connectivity index (χ3v) is 5.94. The molecule has 7 nitrogen and oxygen atoms in total. The molecule has 4 heterocycles. The number of amides is 1. The molecule has 3 aromatic rings. The first kappa shape index (κ1) is 18.8. The topological polar surface area (TPSA) is 67.7 Å². The molecule has 5 rings (SSSR count). The Morgan fingerprint density at radius 2 is 1.87 bits per heavy atom. The van der Waals surface area contributed by atoms with Crippen molar-refractivity contribution in [3.63, 3.8) is 0 Å². The molecule has 0 saturated carbocycles. The van der Waals surface area contributed by atoms with E-state index in [1.165, 1.54) is 4.57 Å². The van der Waals surface area contributed by atoms with Crippen molar-refractivity contribution in [3.05, 3.63) is 69.8 Å². The van der Waals surface area contributed by atoms with Gasteiger partial charge in [0.25, 0.3) is 11.5 Å². The molecule has 2 aliphatic heterocycles. The van der Waals surface area contributed by atoms with Gasteiger partial charge in [0.2, 0.25) is 0 Å². The number of nitrogens with zero attached hydrogens (tertiary/aromatic N) is 4. The largest absolute Gasteiger partial charge is 0.378 e. The number of aromatic nitrogens is 2. The van der Waals surface area contributed by atoms with Gasteiger partial charge in [0.15, 0.2) is 0 Å². The van der Waals surface area contributed by atoms with Gasteiger partial charge in [-0.25, -0.2) is 0 Å². The minimum absolute atomic E-state index is 0.0177. The van der Waals surface area contributed by atoms with Crippen LogP contribution in [0, 0.1) is 0 Å². The van der Waals surface area contributed by atoms with Crippen molar-refractivity contribution in [2.75, 3.05) is 37.7 Å². The van der Waals surface area contributed by atoms with Gasteiger partial charge in [-0.3, -0.25) is 14.6 Å². The van der Waals surface area contributed by atoms with E-state index in [0.29, 0.717) is 57.1 Å². The molecule has 1 fully saturated rings. The van der Waals surface area contributed by atoms with Crippen LogP contribution in [0.1, 0.15) is 21.6 Å². The molecule has 30 heavy (non-hydrogen) atoms. The second kappa shape index (κ2) is 7.57. The number of para-hydroxylation sites is 1. The number of hydrogen-bond donors (Lipinski definition) is 0. The Morgan fingerprint density at radius 1 is 1.07 bits per heavy atom. The molecule has 0 aliphatic carbocycles. The monoisotopic (exact) mass is 404 g/mol. The van der Waals surface area contributed by atoms with Crippen LogP contribution < -0.4 is 10.5 Å². The molecule has 2 aliphatic rings. The van der Waals surface area contributed by atoms with Crippen LogP contribution in [0.4, 0.5) is 5.69 Å². The first-order chi connectivity index (χ1) is 14.6. The SMILES string of the molecule is Cn1cc2c(c(N3CCOCC3)c1=O)CN(CCc1ccc3ccccc3n1)C2=O. The summed E-state index contributed by atoms with van der Waals surface area (Å²) in [7, 11) is 1.71. The summed E-state index contributed by atoms with van der Waals surface area (Å²) in [6.07, 6.45) is 2.35. The van der Waals surface area contributed by atoms with Crippen LogP contribution in [0.3, 0.4) is 0 Å². The first-order valence-electron chi connectivity index (χ1n) is 10.3. The van der Waals surface area contributed by atoms with E-state index >= 15 is 0 Å². The number of benzene rings is 1. The summed E-state index contributed by atoms with van der Waals surface area (Å²) in [5.74, 6) is -0.0177. The van der Waals surface area contributed by atoms with Crippen LogP contribution in [-0.2, 0) is 24.8 Å². The number of carbonyl (C=O) groups excluding carboxylic acids is 1. The summed E-state index contributed by atoms with van der Waals surface area (Å²) >= 11 is 0. The Morgan fingerprint density at radius 3 is 2.70 bits per heavy atom. The molecule has 1 amide bonds. The van der Waals surface area contributed by atoms with E-state index in [1.54, 1.807) is 13.2 Å². The van der Waals surface area contributed by atoms with Crippen LogP contribution in [0.15, 0.2) is 47.4 Å². The summed E-state index contributed by atoms with van der Waals surface area (Å²) in [6, 6.07) is 12.1. The molecule has 0 spiro atoms. The Bertz CT molecular complexity index is 1180. The second-order valence-corrected chi connectivity index (χ2v) is 7.86.